The topological polar surface area (TPSA) is 73.7 Å². The van der Waals surface area contributed by atoms with Gasteiger partial charge in [0.05, 0.1) is 18.8 Å². The van der Waals surface area contributed by atoms with Gasteiger partial charge in [-0.05, 0) is 26.0 Å². The zero-order chi connectivity index (χ0) is 15.8. The zero-order valence-corrected chi connectivity index (χ0v) is 12.2. The SMILES string of the molecule is C#CCN(CC(=O)O)C(=O)N(CC)Cc1cccc(C)n1. The largest absolute Gasteiger partial charge is 0.480 e. The minimum absolute atomic E-state index is 0.0388. The molecule has 0 saturated carbocycles. The number of carbonyl (C=O) groups excluding carboxylic acids is 1. The number of terminal acetylenes is 1. The van der Waals surface area contributed by atoms with Crippen LogP contribution in [0.1, 0.15) is 18.3 Å². The molecule has 0 aliphatic heterocycles. The molecular formula is C15H19N3O3. The number of pyridine rings is 1. The monoisotopic (exact) mass is 289 g/mol. The van der Waals surface area contributed by atoms with Crippen LogP contribution >= 0.6 is 0 Å². The Kier molecular flexibility index (Phi) is 6.21. The van der Waals surface area contributed by atoms with E-state index in [9.17, 15) is 9.59 Å². The van der Waals surface area contributed by atoms with E-state index in [1.807, 2.05) is 32.0 Å². The molecule has 112 valence electrons. The number of aryl methyl sites for hydroxylation is 1. The number of hydrogen-bond acceptors (Lipinski definition) is 3. The van der Waals surface area contributed by atoms with Gasteiger partial charge in [-0.15, -0.1) is 6.42 Å². The number of aromatic nitrogens is 1. The van der Waals surface area contributed by atoms with Gasteiger partial charge in [-0.3, -0.25) is 9.78 Å². The highest BCUT2D eigenvalue weighted by Gasteiger charge is 2.21. The standard InChI is InChI=1S/C15H19N3O3/c1-4-9-18(11-14(19)20)15(21)17(5-2)10-13-8-6-7-12(3)16-13/h1,6-8H,5,9-11H2,2-3H3,(H,19,20). The first-order valence-electron chi connectivity index (χ1n) is 6.59. The van der Waals surface area contributed by atoms with Crippen LogP contribution in [-0.2, 0) is 11.3 Å². The third kappa shape index (κ3) is 5.15. The summed E-state index contributed by atoms with van der Waals surface area (Å²) in [4.78, 5) is 30.1. The van der Waals surface area contributed by atoms with Crippen molar-refractivity contribution < 1.29 is 14.7 Å². The van der Waals surface area contributed by atoms with Gasteiger partial charge in [0.1, 0.15) is 6.54 Å². The summed E-state index contributed by atoms with van der Waals surface area (Å²) in [7, 11) is 0. The van der Waals surface area contributed by atoms with Crippen molar-refractivity contribution in [2.75, 3.05) is 19.6 Å². The Morgan fingerprint density at radius 2 is 2.10 bits per heavy atom. The van der Waals surface area contributed by atoms with Gasteiger partial charge in [-0.2, -0.15) is 0 Å². The van der Waals surface area contributed by atoms with Crippen LogP contribution in [0.5, 0.6) is 0 Å². The normalized spacial score (nSPS) is 9.76. The van der Waals surface area contributed by atoms with Crippen LogP contribution < -0.4 is 0 Å². The van der Waals surface area contributed by atoms with Crippen LogP contribution in [0.2, 0.25) is 0 Å². The first kappa shape index (κ1) is 16.5. The number of amides is 2. The van der Waals surface area contributed by atoms with Gasteiger partial charge < -0.3 is 14.9 Å². The molecule has 0 aromatic carbocycles. The second-order valence-corrected chi connectivity index (χ2v) is 4.52. The predicted molar refractivity (Wildman–Crippen MR) is 78.5 cm³/mol. The fourth-order valence-corrected chi connectivity index (χ4v) is 1.86. The number of carboxylic acid groups (broad SMARTS) is 1. The molecule has 0 aliphatic carbocycles. The predicted octanol–water partition coefficient (Wildman–Crippen LogP) is 1.35. The third-order valence-electron chi connectivity index (χ3n) is 2.83. The van der Waals surface area contributed by atoms with Crippen LogP contribution in [0.3, 0.4) is 0 Å². The summed E-state index contributed by atoms with van der Waals surface area (Å²) in [6.07, 6.45) is 5.19. The Bertz CT molecular complexity index is 551. The van der Waals surface area contributed by atoms with Gasteiger partial charge in [0.25, 0.3) is 0 Å². The molecule has 1 rings (SSSR count). The van der Waals surface area contributed by atoms with E-state index < -0.39 is 18.5 Å². The molecule has 0 unspecified atom stereocenters. The number of nitrogens with zero attached hydrogens (tertiary/aromatic N) is 3. The van der Waals surface area contributed by atoms with Crippen molar-refractivity contribution in [3.63, 3.8) is 0 Å². The van der Waals surface area contributed by atoms with Crippen molar-refractivity contribution in [2.24, 2.45) is 0 Å². The minimum Gasteiger partial charge on any atom is -0.480 e. The fourth-order valence-electron chi connectivity index (χ4n) is 1.86. The average molecular weight is 289 g/mol. The average Bonchev–Trinajstić information content (AvgIpc) is 2.43. The maximum absolute atomic E-state index is 12.4. The van der Waals surface area contributed by atoms with Crippen molar-refractivity contribution in [3.05, 3.63) is 29.6 Å². The fraction of sp³-hybridized carbons (Fsp3) is 0.400. The molecule has 2 amide bonds. The Morgan fingerprint density at radius 1 is 1.38 bits per heavy atom. The maximum atomic E-state index is 12.4. The molecule has 21 heavy (non-hydrogen) atoms. The lowest BCUT2D eigenvalue weighted by Gasteiger charge is -2.27. The van der Waals surface area contributed by atoms with E-state index in [1.54, 1.807) is 0 Å². The third-order valence-corrected chi connectivity index (χ3v) is 2.83. The summed E-state index contributed by atoms with van der Waals surface area (Å²) in [6.45, 7) is 4.00. The van der Waals surface area contributed by atoms with Crippen LogP contribution in [0.4, 0.5) is 4.79 Å². The molecule has 6 nitrogen and oxygen atoms in total. The molecule has 1 aromatic heterocycles. The Morgan fingerprint density at radius 3 is 2.62 bits per heavy atom. The maximum Gasteiger partial charge on any atom is 0.323 e. The number of hydrogen-bond donors (Lipinski definition) is 1. The summed E-state index contributed by atoms with van der Waals surface area (Å²) in [6, 6.07) is 5.16. The number of aliphatic carboxylic acids is 1. The molecule has 1 aromatic rings. The highest BCUT2D eigenvalue weighted by molar-refractivity contribution is 5.80. The molecule has 0 radical (unpaired) electrons. The first-order valence-corrected chi connectivity index (χ1v) is 6.59. The van der Waals surface area contributed by atoms with Crippen molar-refractivity contribution in [1.82, 2.24) is 14.8 Å². The summed E-state index contributed by atoms with van der Waals surface area (Å²) >= 11 is 0. The molecule has 0 saturated heterocycles. The molecule has 0 aliphatic rings. The number of rotatable bonds is 6. The first-order chi connectivity index (χ1) is 9.97. The molecule has 6 heteroatoms. The smallest absolute Gasteiger partial charge is 0.323 e. The van der Waals surface area contributed by atoms with E-state index in [-0.39, 0.29) is 6.54 Å². The lowest BCUT2D eigenvalue weighted by atomic mass is 10.3. The van der Waals surface area contributed by atoms with Gasteiger partial charge in [0.2, 0.25) is 0 Å². The molecule has 0 fully saturated rings. The highest BCUT2D eigenvalue weighted by atomic mass is 16.4. The van der Waals surface area contributed by atoms with Gasteiger partial charge in [0, 0.05) is 12.2 Å². The van der Waals surface area contributed by atoms with Crippen molar-refractivity contribution in [3.8, 4) is 12.3 Å². The summed E-state index contributed by atoms with van der Waals surface area (Å²) in [5, 5.41) is 8.85. The van der Waals surface area contributed by atoms with Crippen LogP contribution in [-0.4, -0.2) is 51.5 Å². The molecule has 1 N–H and O–H groups in total. The minimum atomic E-state index is -1.09. The van der Waals surface area contributed by atoms with E-state index in [1.165, 1.54) is 4.90 Å². The van der Waals surface area contributed by atoms with Crippen molar-refractivity contribution in [1.29, 1.82) is 0 Å². The molecular weight excluding hydrogens is 270 g/mol. The van der Waals surface area contributed by atoms with Crippen LogP contribution in [0.15, 0.2) is 18.2 Å². The van der Waals surface area contributed by atoms with Gasteiger partial charge in [0.15, 0.2) is 0 Å². The zero-order valence-electron chi connectivity index (χ0n) is 12.2. The van der Waals surface area contributed by atoms with E-state index in [0.717, 1.165) is 16.3 Å². The van der Waals surface area contributed by atoms with E-state index in [2.05, 4.69) is 10.9 Å². The molecule has 0 spiro atoms. The van der Waals surface area contributed by atoms with Gasteiger partial charge in [-0.1, -0.05) is 12.0 Å². The Balaban J connectivity index is 2.84. The number of urea groups is 1. The van der Waals surface area contributed by atoms with Crippen LogP contribution in [0.25, 0.3) is 0 Å². The summed E-state index contributed by atoms with van der Waals surface area (Å²) < 4.78 is 0. The van der Waals surface area contributed by atoms with Gasteiger partial charge in [-0.25, -0.2) is 4.79 Å². The summed E-state index contributed by atoms with van der Waals surface area (Å²) in [5.74, 6) is 1.21. The van der Waals surface area contributed by atoms with E-state index in [0.29, 0.717) is 13.1 Å². The van der Waals surface area contributed by atoms with E-state index >= 15 is 0 Å². The molecule has 0 atom stereocenters. The second kappa shape index (κ2) is 7.90. The van der Waals surface area contributed by atoms with Gasteiger partial charge >= 0.3 is 12.0 Å². The second-order valence-electron chi connectivity index (χ2n) is 4.52. The highest BCUT2D eigenvalue weighted by Crippen LogP contribution is 2.07. The van der Waals surface area contributed by atoms with Crippen LogP contribution in [0, 0.1) is 19.3 Å². The molecule has 0 bridgehead atoms. The van der Waals surface area contributed by atoms with Crippen molar-refractivity contribution >= 4 is 12.0 Å². The van der Waals surface area contributed by atoms with E-state index in [4.69, 9.17) is 11.5 Å². The summed E-state index contributed by atoms with van der Waals surface area (Å²) in [5.41, 5.74) is 1.61. The lowest BCUT2D eigenvalue weighted by Crippen LogP contribution is -2.45. The number of carbonyl (C=O) groups is 2. The van der Waals surface area contributed by atoms with Crippen molar-refractivity contribution in [2.45, 2.75) is 20.4 Å². The number of carboxylic acids is 1. The lowest BCUT2D eigenvalue weighted by molar-refractivity contribution is -0.137. The Hall–Kier alpha value is -2.55. The quantitative estimate of drug-likeness (QED) is 0.802. The Labute approximate surface area is 124 Å². The molecule has 1 heterocycles.